The Morgan fingerprint density at radius 1 is 1.04 bits per heavy atom. The zero-order valence-corrected chi connectivity index (χ0v) is 14.5. The first-order chi connectivity index (χ1) is 12.5. The molecule has 3 aromatic carbocycles. The van der Waals surface area contributed by atoms with Gasteiger partial charge in [-0.3, -0.25) is 14.9 Å². The number of non-ortho nitro benzene ring substituents is 1. The van der Waals surface area contributed by atoms with Gasteiger partial charge in [0.25, 0.3) is 11.6 Å². The zero-order valence-electron chi connectivity index (χ0n) is 14.5. The summed E-state index contributed by atoms with van der Waals surface area (Å²) in [5.74, 6) is 0.616. The van der Waals surface area contributed by atoms with E-state index in [1.807, 2.05) is 36.4 Å². The van der Waals surface area contributed by atoms with Gasteiger partial charge in [0.2, 0.25) is 0 Å². The molecule has 0 saturated carbocycles. The highest BCUT2D eigenvalue weighted by Gasteiger charge is 2.14. The largest absolute Gasteiger partial charge is 0.497 e. The summed E-state index contributed by atoms with van der Waals surface area (Å²) >= 11 is 0. The summed E-state index contributed by atoms with van der Waals surface area (Å²) in [6.07, 6.45) is 0. The number of nitro benzene ring substituents is 1. The van der Waals surface area contributed by atoms with Gasteiger partial charge in [0.05, 0.1) is 12.0 Å². The number of amides is 1. The number of carbonyl (C=O) groups is 1. The normalized spacial score (nSPS) is 10.5. The lowest BCUT2D eigenvalue weighted by Gasteiger charge is -2.17. The summed E-state index contributed by atoms with van der Waals surface area (Å²) in [4.78, 5) is 24.3. The number of hydrogen-bond donors (Lipinski definition) is 0. The summed E-state index contributed by atoms with van der Waals surface area (Å²) in [7, 11) is 3.34. The molecule has 3 rings (SSSR count). The highest BCUT2D eigenvalue weighted by atomic mass is 16.6. The van der Waals surface area contributed by atoms with Crippen LogP contribution in [0.25, 0.3) is 10.8 Å². The van der Waals surface area contributed by atoms with Gasteiger partial charge in [-0.2, -0.15) is 0 Å². The van der Waals surface area contributed by atoms with Gasteiger partial charge in [0.1, 0.15) is 5.75 Å². The topological polar surface area (TPSA) is 72.7 Å². The van der Waals surface area contributed by atoms with E-state index in [-0.39, 0.29) is 11.6 Å². The van der Waals surface area contributed by atoms with E-state index in [4.69, 9.17) is 4.74 Å². The molecule has 0 aliphatic carbocycles. The van der Waals surface area contributed by atoms with Crippen LogP contribution in [0.15, 0.2) is 60.7 Å². The molecule has 0 aliphatic rings. The Balaban J connectivity index is 1.76. The van der Waals surface area contributed by atoms with E-state index in [1.54, 1.807) is 19.1 Å². The van der Waals surface area contributed by atoms with Crippen molar-refractivity contribution in [2.24, 2.45) is 0 Å². The Kier molecular flexibility index (Phi) is 4.84. The maximum absolute atomic E-state index is 12.5. The van der Waals surface area contributed by atoms with Crippen molar-refractivity contribution in [1.82, 2.24) is 4.90 Å². The molecule has 0 unspecified atom stereocenters. The molecule has 0 saturated heterocycles. The van der Waals surface area contributed by atoms with Crippen LogP contribution in [0.5, 0.6) is 5.75 Å². The molecule has 0 bridgehead atoms. The second kappa shape index (κ2) is 7.23. The number of rotatable bonds is 5. The van der Waals surface area contributed by atoms with Crippen molar-refractivity contribution in [3.05, 3.63) is 81.9 Å². The van der Waals surface area contributed by atoms with Crippen molar-refractivity contribution in [1.29, 1.82) is 0 Å². The zero-order chi connectivity index (χ0) is 18.7. The number of fused-ring (bicyclic) bond motifs is 1. The molecule has 0 atom stereocenters. The quantitative estimate of drug-likeness (QED) is 0.514. The number of ether oxygens (including phenoxy) is 1. The van der Waals surface area contributed by atoms with Crippen LogP contribution >= 0.6 is 0 Å². The van der Waals surface area contributed by atoms with Crippen molar-refractivity contribution in [3.63, 3.8) is 0 Å². The van der Waals surface area contributed by atoms with Crippen LogP contribution in [0.3, 0.4) is 0 Å². The summed E-state index contributed by atoms with van der Waals surface area (Å²) in [6, 6.07) is 17.5. The van der Waals surface area contributed by atoms with Crippen LogP contribution in [-0.2, 0) is 6.54 Å². The second-order valence-electron chi connectivity index (χ2n) is 6.01. The highest BCUT2D eigenvalue weighted by Crippen LogP contribution is 2.22. The SMILES string of the molecule is COc1ccc2cc(CN(C)C(=O)c3ccc([N+](=O)[O-])cc3)ccc2c1. The monoisotopic (exact) mass is 350 g/mol. The molecular weight excluding hydrogens is 332 g/mol. The van der Waals surface area contributed by atoms with Gasteiger partial charge >= 0.3 is 0 Å². The Hall–Kier alpha value is -3.41. The molecule has 0 N–H and O–H groups in total. The lowest BCUT2D eigenvalue weighted by atomic mass is 10.1. The molecule has 6 heteroatoms. The summed E-state index contributed by atoms with van der Waals surface area (Å²) in [5, 5.41) is 12.8. The summed E-state index contributed by atoms with van der Waals surface area (Å²) in [6.45, 7) is 0.442. The number of benzene rings is 3. The minimum atomic E-state index is -0.484. The van der Waals surface area contributed by atoms with Crippen molar-refractivity contribution in [2.45, 2.75) is 6.54 Å². The first-order valence-corrected chi connectivity index (χ1v) is 8.04. The molecular formula is C20H18N2O4. The molecule has 0 aliphatic heterocycles. The number of methoxy groups -OCH3 is 1. The molecule has 3 aromatic rings. The fourth-order valence-corrected chi connectivity index (χ4v) is 2.79. The average molecular weight is 350 g/mol. The molecule has 26 heavy (non-hydrogen) atoms. The predicted octanol–water partition coefficient (Wildman–Crippen LogP) is 4.03. The Bertz CT molecular complexity index is 967. The smallest absolute Gasteiger partial charge is 0.269 e. The van der Waals surface area contributed by atoms with Gasteiger partial charge < -0.3 is 9.64 Å². The fraction of sp³-hybridized carbons (Fsp3) is 0.150. The Morgan fingerprint density at radius 2 is 1.69 bits per heavy atom. The van der Waals surface area contributed by atoms with Crippen molar-refractivity contribution in [2.75, 3.05) is 14.2 Å². The minimum Gasteiger partial charge on any atom is -0.497 e. The third-order valence-electron chi connectivity index (χ3n) is 4.20. The van der Waals surface area contributed by atoms with E-state index in [0.29, 0.717) is 12.1 Å². The highest BCUT2D eigenvalue weighted by molar-refractivity contribution is 5.94. The van der Waals surface area contributed by atoms with Gasteiger partial charge in [-0.15, -0.1) is 0 Å². The standard InChI is InChI=1S/C20H18N2O4/c1-21(20(23)15-5-8-18(9-6-15)22(24)25)13-14-3-4-17-12-19(26-2)10-7-16(17)11-14/h3-12H,13H2,1-2H3. The first kappa shape index (κ1) is 17.4. The molecule has 0 radical (unpaired) electrons. The van der Waals surface area contributed by atoms with Crippen LogP contribution in [0, 0.1) is 10.1 Å². The molecule has 6 nitrogen and oxygen atoms in total. The lowest BCUT2D eigenvalue weighted by Crippen LogP contribution is -2.26. The molecule has 0 heterocycles. The van der Waals surface area contributed by atoms with Gasteiger partial charge in [-0.1, -0.05) is 18.2 Å². The van der Waals surface area contributed by atoms with Crippen LogP contribution in [0.4, 0.5) is 5.69 Å². The van der Waals surface area contributed by atoms with Gasteiger partial charge in [0, 0.05) is 31.3 Å². The van der Waals surface area contributed by atoms with E-state index < -0.39 is 4.92 Å². The van der Waals surface area contributed by atoms with Crippen molar-refractivity contribution < 1.29 is 14.5 Å². The average Bonchev–Trinajstić information content (AvgIpc) is 2.67. The van der Waals surface area contributed by atoms with E-state index in [9.17, 15) is 14.9 Å². The van der Waals surface area contributed by atoms with E-state index in [0.717, 1.165) is 22.1 Å². The van der Waals surface area contributed by atoms with Gasteiger partial charge in [-0.25, -0.2) is 0 Å². The van der Waals surface area contributed by atoms with Crippen LogP contribution in [0.1, 0.15) is 15.9 Å². The van der Waals surface area contributed by atoms with E-state index >= 15 is 0 Å². The van der Waals surface area contributed by atoms with Crippen LogP contribution in [-0.4, -0.2) is 29.9 Å². The predicted molar refractivity (Wildman–Crippen MR) is 99.4 cm³/mol. The molecule has 1 amide bonds. The van der Waals surface area contributed by atoms with Gasteiger partial charge in [0.15, 0.2) is 0 Å². The second-order valence-corrected chi connectivity index (χ2v) is 6.01. The first-order valence-electron chi connectivity index (χ1n) is 8.04. The van der Waals surface area contributed by atoms with E-state index in [1.165, 1.54) is 24.3 Å². The number of carbonyl (C=O) groups excluding carboxylic acids is 1. The maximum Gasteiger partial charge on any atom is 0.269 e. The lowest BCUT2D eigenvalue weighted by molar-refractivity contribution is -0.384. The molecule has 0 spiro atoms. The van der Waals surface area contributed by atoms with E-state index in [2.05, 4.69) is 0 Å². The number of hydrogen-bond acceptors (Lipinski definition) is 4. The summed E-state index contributed by atoms with van der Waals surface area (Å²) < 4.78 is 5.23. The molecule has 0 fully saturated rings. The number of nitrogens with zero attached hydrogens (tertiary/aromatic N) is 2. The van der Waals surface area contributed by atoms with Crippen LogP contribution < -0.4 is 4.74 Å². The minimum absolute atomic E-state index is 0.0332. The third kappa shape index (κ3) is 3.64. The summed E-state index contributed by atoms with van der Waals surface area (Å²) in [5.41, 5.74) is 1.39. The van der Waals surface area contributed by atoms with Crippen LogP contribution in [0.2, 0.25) is 0 Å². The maximum atomic E-state index is 12.5. The Morgan fingerprint density at radius 3 is 2.35 bits per heavy atom. The molecule has 0 aromatic heterocycles. The number of nitro groups is 1. The Labute approximate surface area is 150 Å². The third-order valence-corrected chi connectivity index (χ3v) is 4.20. The fourth-order valence-electron chi connectivity index (χ4n) is 2.79. The van der Waals surface area contributed by atoms with Crippen molar-refractivity contribution in [3.8, 4) is 5.75 Å². The molecule has 132 valence electrons. The van der Waals surface area contributed by atoms with Crippen molar-refractivity contribution >= 4 is 22.4 Å². The van der Waals surface area contributed by atoms with Gasteiger partial charge in [-0.05, 0) is 46.7 Å².